The fourth-order valence-electron chi connectivity index (χ4n) is 8.53. The molecule has 2 heterocycles. The zero-order valence-electron chi connectivity index (χ0n) is 25.2. The van der Waals surface area contributed by atoms with E-state index in [1.54, 1.807) is 6.08 Å². The average Bonchev–Trinajstić information content (AvgIpc) is 3.42. The predicted molar refractivity (Wildman–Crippen MR) is 160 cm³/mol. The summed E-state index contributed by atoms with van der Waals surface area (Å²) in [5.74, 6) is -21.3. The third-order valence-electron chi connectivity index (χ3n) is 10.7. The normalized spacial score (nSPS) is 32.0. The number of amides is 4. The Bertz CT molecular complexity index is 1820. The first-order valence-corrected chi connectivity index (χ1v) is 16.2. The molecule has 4 amide bonds. The minimum absolute atomic E-state index is 0.0251. The number of nitrogens with zero attached hydrogens (tertiary/aromatic N) is 2. The number of benzene rings is 2. The lowest BCUT2D eigenvalue weighted by Gasteiger charge is -2.50. The van der Waals surface area contributed by atoms with Gasteiger partial charge in [-0.15, -0.1) is 23.2 Å². The van der Waals surface area contributed by atoms with Crippen LogP contribution in [0, 0.1) is 46.8 Å². The number of aromatic hydroxyl groups is 1. The van der Waals surface area contributed by atoms with Crippen LogP contribution in [0.2, 0.25) is 0 Å². The van der Waals surface area contributed by atoms with Crippen LogP contribution in [0.5, 0.6) is 11.5 Å². The molecule has 15 heteroatoms. The van der Waals surface area contributed by atoms with E-state index in [-0.39, 0.29) is 34.2 Å². The summed E-state index contributed by atoms with van der Waals surface area (Å²) >= 11 is 14.2. The number of methoxy groups -OCH3 is 1. The van der Waals surface area contributed by atoms with Crippen LogP contribution in [0.1, 0.15) is 56.4 Å². The Morgan fingerprint density at radius 3 is 2.10 bits per heavy atom. The second-order valence-electron chi connectivity index (χ2n) is 13.0. The van der Waals surface area contributed by atoms with E-state index < -0.39 is 104 Å². The number of allylic oxidation sites excluding steroid dienone is 2. The number of imide groups is 2. The number of hydrogen-bond donors (Lipinski definition) is 1. The van der Waals surface area contributed by atoms with Crippen LogP contribution < -0.4 is 9.64 Å². The first kappa shape index (κ1) is 32.8. The molecule has 48 heavy (non-hydrogen) atoms. The SMILES string of the molecule is COc1ccc(O)c([C@H]2C3=CC[C@@H]4C(=O)N(C5CCCCC5)C(=O)[C@@H]4[C@@H]3C[C@@]3(Cl)C(=O)N(c4c(F)c(F)c(F)c(F)c4F)C(=O)[C@@]23Cl)c1. The van der Waals surface area contributed by atoms with Crippen molar-refractivity contribution in [1.82, 2.24) is 4.90 Å². The standard InChI is InChI=1S/C33H27Cl2F5N2O6/c1-48-14-7-10-19(43)17(11-14)21-15-8-9-16-20(29(45)41(28(16)44)13-5-3-2-4-6-13)18(15)12-32(34)30(46)42(31(47)33(21,32)35)27-25(39)23(37)22(36)24(38)26(27)40/h7-8,10-11,13,16,18,20-21,43H,2-6,9,12H2,1H3/t16-,18+,20-,21+,32+,33-/m0/s1. The largest absolute Gasteiger partial charge is 0.508 e. The topological polar surface area (TPSA) is 104 Å². The maximum absolute atomic E-state index is 15.2. The molecule has 2 aromatic carbocycles. The zero-order valence-corrected chi connectivity index (χ0v) is 26.7. The Balaban J connectivity index is 1.43. The Hall–Kier alpha value is -3.71. The summed E-state index contributed by atoms with van der Waals surface area (Å²) in [7, 11) is 1.31. The number of fused-ring (bicyclic) bond motifs is 4. The second-order valence-corrected chi connectivity index (χ2v) is 14.2. The van der Waals surface area contributed by atoms with Crippen molar-refractivity contribution in [3.05, 3.63) is 64.5 Å². The monoisotopic (exact) mass is 712 g/mol. The minimum Gasteiger partial charge on any atom is -0.508 e. The van der Waals surface area contributed by atoms with E-state index in [1.807, 2.05) is 0 Å². The maximum atomic E-state index is 15.2. The molecule has 0 spiro atoms. The molecular weight excluding hydrogens is 686 g/mol. The van der Waals surface area contributed by atoms with Gasteiger partial charge in [-0.05, 0) is 49.8 Å². The van der Waals surface area contributed by atoms with Crippen molar-refractivity contribution < 1.29 is 51.0 Å². The Morgan fingerprint density at radius 1 is 0.854 bits per heavy atom. The summed E-state index contributed by atoms with van der Waals surface area (Å²) in [6.07, 6.45) is 4.85. The van der Waals surface area contributed by atoms with Gasteiger partial charge in [0.25, 0.3) is 11.8 Å². The van der Waals surface area contributed by atoms with E-state index in [9.17, 15) is 37.5 Å². The van der Waals surface area contributed by atoms with Gasteiger partial charge in [-0.2, -0.15) is 0 Å². The van der Waals surface area contributed by atoms with Crippen molar-refractivity contribution in [2.75, 3.05) is 12.0 Å². The molecule has 8 nitrogen and oxygen atoms in total. The van der Waals surface area contributed by atoms with E-state index in [1.165, 1.54) is 30.2 Å². The third kappa shape index (κ3) is 4.12. The van der Waals surface area contributed by atoms with Gasteiger partial charge < -0.3 is 9.84 Å². The van der Waals surface area contributed by atoms with E-state index in [4.69, 9.17) is 27.9 Å². The highest BCUT2D eigenvalue weighted by Gasteiger charge is 2.77. The van der Waals surface area contributed by atoms with Gasteiger partial charge in [-0.1, -0.05) is 30.9 Å². The molecule has 0 bridgehead atoms. The molecule has 0 radical (unpaired) electrons. The molecule has 5 aliphatic rings. The van der Waals surface area contributed by atoms with Crippen molar-refractivity contribution in [2.45, 2.75) is 66.7 Å². The predicted octanol–water partition coefficient (Wildman–Crippen LogP) is 5.99. The van der Waals surface area contributed by atoms with Crippen LogP contribution in [-0.2, 0) is 19.2 Å². The number of ether oxygens (including phenoxy) is 1. The van der Waals surface area contributed by atoms with Crippen LogP contribution in [0.15, 0.2) is 29.8 Å². The van der Waals surface area contributed by atoms with Crippen LogP contribution in [0.3, 0.4) is 0 Å². The van der Waals surface area contributed by atoms with Crippen molar-refractivity contribution in [2.24, 2.45) is 17.8 Å². The molecule has 6 atom stereocenters. The number of phenols is 1. The van der Waals surface area contributed by atoms with Crippen molar-refractivity contribution in [3.63, 3.8) is 0 Å². The van der Waals surface area contributed by atoms with Crippen LogP contribution >= 0.6 is 23.2 Å². The Kier molecular flexibility index (Phi) is 7.63. The highest BCUT2D eigenvalue weighted by atomic mass is 35.5. The lowest BCUT2D eigenvalue weighted by atomic mass is 9.56. The van der Waals surface area contributed by atoms with Crippen LogP contribution in [0.4, 0.5) is 27.6 Å². The fraction of sp³-hybridized carbons (Fsp3) is 0.455. The second kappa shape index (κ2) is 11.2. The molecule has 4 fully saturated rings. The lowest BCUT2D eigenvalue weighted by Crippen LogP contribution is -2.60. The van der Waals surface area contributed by atoms with Crippen molar-refractivity contribution in [1.29, 1.82) is 0 Å². The average molecular weight is 713 g/mol. The van der Waals surface area contributed by atoms with E-state index in [2.05, 4.69) is 0 Å². The molecule has 0 aromatic heterocycles. The first-order valence-electron chi connectivity index (χ1n) is 15.4. The van der Waals surface area contributed by atoms with Gasteiger partial charge in [-0.3, -0.25) is 24.1 Å². The molecule has 2 aromatic rings. The molecular formula is C33H27Cl2F5N2O6. The summed E-state index contributed by atoms with van der Waals surface area (Å²) in [5.41, 5.74) is -1.74. The maximum Gasteiger partial charge on any atom is 0.258 e. The quantitative estimate of drug-likeness (QED) is 0.104. The summed E-state index contributed by atoms with van der Waals surface area (Å²) in [6, 6.07) is 3.55. The third-order valence-corrected chi connectivity index (χ3v) is 12.2. The molecule has 3 aliphatic carbocycles. The van der Waals surface area contributed by atoms with Gasteiger partial charge in [0.15, 0.2) is 33.0 Å². The number of likely N-dealkylation sites (tertiary alicyclic amines) is 1. The van der Waals surface area contributed by atoms with Gasteiger partial charge in [0.2, 0.25) is 17.6 Å². The van der Waals surface area contributed by atoms with Crippen LogP contribution in [-0.4, -0.2) is 56.5 Å². The molecule has 254 valence electrons. The zero-order chi connectivity index (χ0) is 34.6. The summed E-state index contributed by atoms with van der Waals surface area (Å²) in [6.45, 7) is 0. The smallest absolute Gasteiger partial charge is 0.258 e. The number of alkyl halides is 2. The fourth-order valence-corrected chi connectivity index (χ4v) is 9.45. The highest BCUT2D eigenvalue weighted by molar-refractivity contribution is 6.58. The van der Waals surface area contributed by atoms with Crippen molar-refractivity contribution >= 4 is 52.5 Å². The molecule has 2 saturated carbocycles. The minimum atomic E-state index is -2.74. The molecule has 7 rings (SSSR count). The highest BCUT2D eigenvalue weighted by Crippen LogP contribution is 2.67. The van der Waals surface area contributed by atoms with Crippen LogP contribution in [0.25, 0.3) is 0 Å². The first-order chi connectivity index (χ1) is 22.7. The van der Waals surface area contributed by atoms with Gasteiger partial charge in [0, 0.05) is 17.5 Å². The van der Waals surface area contributed by atoms with E-state index in [0.717, 1.165) is 19.3 Å². The van der Waals surface area contributed by atoms with Gasteiger partial charge in [-0.25, -0.2) is 26.9 Å². The number of rotatable bonds is 4. The molecule has 2 saturated heterocycles. The van der Waals surface area contributed by atoms with Gasteiger partial charge in [0.1, 0.15) is 17.2 Å². The van der Waals surface area contributed by atoms with E-state index >= 15 is 8.78 Å². The van der Waals surface area contributed by atoms with E-state index in [0.29, 0.717) is 12.8 Å². The Morgan fingerprint density at radius 2 is 1.48 bits per heavy atom. The molecule has 0 unspecified atom stereocenters. The Labute approximate surface area is 280 Å². The number of anilines is 1. The molecule has 1 N–H and O–H groups in total. The number of phenolic OH excluding ortho intramolecular Hbond substituents is 1. The number of carbonyl (C=O) groups is 4. The summed E-state index contributed by atoms with van der Waals surface area (Å²) in [5, 5.41) is 11.1. The molecule has 2 aliphatic heterocycles. The van der Waals surface area contributed by atoms with Crippen molar-refractivity contribution in [3.8, 4) is 11.5 Å². The lowest BCUT2D eigenvalue weighted by molar-refractivity contribution is -0.143. The number of halogens is 7. The summed E-state index contributed by atoms with van der Waals surface area (Å²) in [4.78, 5) is 52.2. The number of hydrogen-bond acceptors (Lipinski definition) is 6. The van der Waals surface area contributed by atoms with Gasteiger partial charge in [0.05, 0.1) is 18.9 Å². The summed E-state index contributed by atoms with van der Waals surface area (Å²) < 4.78 is 78.5. The van der Waals surface area contributed by atoms with Gasteiger partial charge >= 0.3 is 0 Å². The number of carbonyl (C=O) groups excluding carboxylic acids is 4.